The molecule has 0 saturated carbocycles. The maximum absolute atomic E-state index is 12.1. The van der Waals surface area contributed by atoms with E-state index in [0.29, 0.717) is 5.56 Å². The Hall–Kier alpha value is -2.96. The van der Waals surface area contributed by atoms with Crippen molar-refractivity contribution in [2.24, 2.45) is 11.8 Å². The van der Waals surface area contributed by atoms with Crippen molar-refractivity contribution >= 4 is 18.0 Å². The molecule has 1 aliphatic rings. The van der Waals surface area contributed by atoms with E-state index in [9.17, 15) is 19.7 Å². The van der Waals surface area contributed by atoms with E-state index in [1.54, 1.807) is 42.5 Å². The van der Waals surface area contributed by atoms with Gasteiger partial charge in [-0.2, -0.15) is 0 Å². The summed E-state index contributed by atoms with van der Waals surface area (Å²) in [7, 11) is 0. The molecule has 0 aromatic heterocycles. The van der Waals surface area contributed by atoms with Crippen molar-refractivity contribution in [1.82, 2.24) is 0 Å². The SMILES string of the molecule is O=C(OC/C(=C\c1ccccc1)[N+](=O)[O-])[C@H]1CC=CC[C@H]1C(=O)O. The van der Waals surface area contributed by atoms with Gasteiger partial charge in [0.2, 0.25) is 0 Å². The van der Waals surface area contributed by atoms with Gasteiger partial charge in [0.15, 0.2) is 6.61 Å². The van der Waals surface area contributed by atoms with Gasteiger partial charge in [-0.1, -0.05) is 42.5 Å². The average molecular weight is 331 g/mol. The number of carbonyl (C=O) groups excluding carboxylic acids is 1. The average Bonchev–Trinajstić information content (AvgIpc) is 2.58. The molecular formula is C17H17NO6. The van der Waals surface area contributed by atoms with Crippen molar-refractivity contribution in [2.75, 3.05) is 6.61 Å². The van der Waals surface area contributed by atoms with Crippen LogP contribution in [0.4, 0.5) is 0 Å². The minimum Gasteiger partial charge on any atom is -0.481 e. The fourth-order valence-corrected chi connectivity index (χ4v) is 2.49. The number of esters is 1. The van der Waals surface area contributed by atoms with Gasteiger partial charge < -0.3 is 9.84 Å². The lowest BCUT2D eigenvalue weighted by Gasteiger charge is -2.23. The fourth-order valence-electron chi connectivity index (χ4n) is 2.49. The van der Waals surface area contributed by atoms with E-state index in [0.717, 1.165) is 0 Å². The zero-order valence-electron chi connectivity index (χ0n) is 12.8. The number of carboxylic acids is 1. The number of nitro groups is 1. The maximum atomic E-state index is 12.1. The second kappa shape index (κ2) is 8.05. The summed E-state index contributed by atoms with van der Waals surface area (Å²) < 4.78 is 5.01. The van der Waals surface area contributed by atoms with Gasteiger partial charge in [-0.25, -0.2) is 0 Å². The maximum Gasteiger partial charge on any atom is 0.310 e. The fraction of sp³-hybridized carbons (Fsp3) is 0.294. The van der Waals surface area contributed by atoms with Crippen LogP contribution in [0.1, 0.15) is 18.4 Å². The Balaban J connectivity index is 2.05. The van der Waals surface area contributed by atoms with Crippen LogP contribution in [0, 0.1) is 22.0 Å². The summed E-state index contributed by atoms with van der Waals surface area (Å²) in [5, 5.41) is 20.3. The Kier molecular flexibility index (Phi) is 5.83. The Morgan fingerprint density at radius 2 is 1.83 bits per heavy atom. The summed E-state index contributed by atoms with van der Waals surface area (Å²) in [5.41, 5.74) is 0.344. The van der Waals surface area contributed by atoms with Gasteiger partial charge in [-0.05, 0) is 18.4 Å². The van der Waals surface area contributed by atoms with Crippen molar-refractivity contribution < 1.29 is 24.4 Å². The van der Waals surface area contributed by atoms with Gasteiger partial charge in [0.1, 0.15) is 0 Å². The third-order valence-corrected chi connectivity index (χ3v) is 3.78. The highest BCUT2D eigenvalue weighted by Crippen LogP contribution is 2.27. The monoisotopic (exact) mass is 331 g/mol. The molecule has 0 amide bonds. The van der Waals surface area contributed by atoms with Crippen LogP contribution in [-0.4, -0.2) is 28.6 Å². The molecule has 1 aliphatic carbocycles. The number of benzene rings is 1. The number of carbonyl (C=O) groups is 2. The first-order valence-electron chi connectivity index (χ1n) is 7.43. The number of ether oxygens (including phenoxy) is 1. The van der Waals surface area contributed by atoms with Crippen LogP contribution in [-0.2, 0) is 14.3 Å². The van der Waals surface area contributed by atoms with E-state index < -0.39 is 35.3 Å². The standard InChI is InChI=1S/C17H17NO6/c19-16(20)14-8-4-5-9-15(14)17(21)24-11-13(18(22)23)10-12-6-2-1-3-7-12/h1-7,10,14-15H,8-9,11H2,(H,19,20)/b13-10+/t14-,15+/m1/s1. The first kappa shape index (κ1) is 17.4. The van der Waals surface area contributed by atoms with E-state index >= 15 is 0 Å². The topological polar surface area (TPSA) is 107 Å². The molecule has 1 aromatic carbocycles. The Labute approximate surface area is 138 Å². The van der Waals surface area contributed by atoms with E-state index in [1.165, 1.54) is 6.08 Å². The van der Waals surface area contributed by atoms with Gasteiger partial charge >= 0.3 is 11.9 Å². The van der Waals surface area contributed by atoms with Gasteiger partial charge in [-0.15, -0.1) is 0 Å². The highest BCUT2D eigenvalue weighted by molar-refractivity contribution is 5.81. The van der Waals surface area contributed by atoms with Crippen LogP contribution in [0.3, 0.4) is 0 Å². The lowest BCUT2D eigenvalue weighted by molar-refractivity contribution is -0.428. The van der Waals surface area contributed by atoms with Crippen molar-refractivity contribution in [3.63, 3.8) is 0 Å². The second-order valence-electron chi connectivity index (χ2n) is 5.41. The predicted molar refractivity (Wildman–Crippen MR) is 85.4 cm³/mol. The zero-order valence-corrected chi connectivity index (χ0v) is 12.8. The molecule has 0 bridgehead atoms. The number of nitrogens with zero attached hydrogens (tertiary/aromatic N) is 1. The molecule has 7 heteroatoms. The molecule has 0 heterocycles. The molecule has 2 rings (SSSR count). The minimum atomic E-state index is -1.07. The van der Waals surface area contributed by atoms with Crippen LogP contribution in [0.2, 0.25) is 0 Å². The van der Waals surface area contributed by atoms with E-state index in [1.807, 2.05) is 0 Å². The van der Waals surface area contributed by atoms with E-state index in [-0.39, 0.29) is 18.5 Å². The van der Waals surface area contributed by atoms with E-state index in [4.69, 9.17) is 9.84 Å². The Morgan fingerprint density at radius 3 is 2.42 bits per heavy atom. The summed E-state index contributed by atoms with van der Waals surface area (Å²) in [5.74, 6) is -3.49. The molecule has 0 aliphatic heterocycles. The smallest absolute Gasteiger partial charge is 0.310 e. The summed E-state index contributed by atoms with van der Waals surface area (Å²) in [6.45, 7) is -0.507. The Morgan fingerprint density at radius 1 is 1.21 bits per heavy atom. The number of hydrogen-bond donors (Lipinski definition) is 1. The molecule has 1 aromatic rings. The lowest BCUT2D eigenvalue weighted by Crippen LogP contribution is -2.32. The highest BCUT2D eigenvalue weighted by Gasteiger charge is 2.35. The molecular weight excluding hydrogens is 314 g/mol. The van der Waals surface area contributed by atoms with Crippen LogP contribution in [0.15, 0.2) is 48.2 Å². The summed E-state index contributed by atoms with van der Waals surface area (Å²) in [4.78, 5) is 33.8. The van der Waals surface area contributed by atoms with Crippen LogP contribution in [0.25, 0.3) is 6.08 Å². The molecule has 0 saturated heterocycles. The molecule has 7 nitrogen and oxygen atoms in total. The van der Waals surface area contributed by atoms with Crippen LogP contribution >= 0.6 is 0 Å². The van der Waals surface area contributed by atoms with Crippen molar-refractivity contribution in [1.29, 1.82) is 0 Å². The molecule has 0 unspecified atom stereocenters. The molecule has 0 radical (unpaired) electrons. The molecule has 0 fully saturated rings. The van der Waals surface area contributed by atoms with Gasteiger partial charge in [0, 0.05) is 6.08 Å². The second-order valence-corrected chi connectivity index (χ2v) is 5.41. The quantitative estimate of drug-likeness (QED) is 0.371. The zero-order chi connectivity index (χ0) is 17.5. The first-order valence-corrected chi connectivity index (χ1v) is 7.43. The molecule has 24 heavy (non-hydrogen) atoms. The molecule has 2 atom stereocenters. The lowest BCUT2D eigenvalue weighted by atomic mass is 9.83. The van der Waals surface area contributed by atoms with Crippen LogP contribution < -0.4 is 0 Å². The number of aliphatic carboxylic acids is 1. The van der Waals surface area contributed by atoms with Crippen molar-refractivity contribution in [2.45, 2.75) is 12.8 Å². The highest BCUT2D eigenvalue weighted by atomic mass is 16.6. The summed E-state index contributed by atoms with van der Waals surface area (Å²) in [6.07, 6.45) is 5.26. The molecule has 126 valence electrons. The summed E-state index contributed by atoms with van der Waals surface area (Å²) >= 11 is 0. The normalized spacial score (nSPS) is 20.4. The number of rotatable bonds is 6. The minimum absolute atomic E-state index is 0.247. The van der Waals surface area contributed by atoms with E-state index in [2.05, 4.69) is 0 Å². The third-order valence-electron chi connectivity index (χ3n) is 3.78. The first-order chi connectivity index (χ1) is 11.5. The molecule has 1 N–H and O–H groups in total. The number of allylic oxidation sites excluding steroid dienone is 2. The number of hydrogen-bond acceptors (Lipinski definition) is 5. The Bertz CT molecular complexity index is 680. The van der Waals surface area contributed by atoms with Crippen LogP contribution in [0.5, 0.6) is 0 Å². The largest absolute Gasteiger partial charge is 0.481 e. The molecule has 0 spiro atoms. The van der Waals surface area contributed by atoms with Gasteiger partial charge in [-0.3, -0.25) is 19.7 Å². The third kappa shape index (κ3) is 4.52. The predicted octanol–water partition coefficient (Wildman–Crippen LogP) is 2.51. The van der Waals surface area contributed by atoms with Gasteiger partial charge in [0.25, 0.3) is 5.70 Å². The van der Waals surface area contributed by atoms with Gasteiger partial charge in [0.05, 0.1) is 16.8 Å². The van der Waals surface area contributed by atoms with Crippen molar-refractivity contribution in [3.8, 4) is 0 Å². The number of carboxylic acid groups (broad SMARTS) is 1. The van der Waals surface area contributed by atoms with Crippen molar-refractivity contribution in [3.05, 3.63) is 63.9 Å². The summed E-state index contributed by atoms with van der Waals surface area (Å²) in [6, 6.07) is 8.64.